The summed E-state index contributed by atoms with van der Waals surface area (Å²) in [6.45, 7) is 7.97. The zero-order valence-electron chi connectivity index (χ0n) is 21.7. The minimum atomic E-state index is -3.43. The van der Waals surface area contributed by atoms with Gasteiger partial charge in [0.25, 0.3) is 5.91 Å². The lowest BCUT2D eigenvalue weighted by Crippen LogP contribution is -2.39. The van der Waals surface area contributed by atoms with Gasteiger partial charge in [-0.05, 0) is 56.7 Å². The van der Waals surface area contributed by atoms with Crippen molar-refractivity contribution in [3.05, 3.63) is 52.8 Å². The van der Waals surface area contributed by atoms with Gasteiger partial charge in [0.15, 0.2) is 15.5 Å². The molecule has 1 amide bonds. The number of nitriles is 1. The van der Waals surface area contributed by atoms with Crippen LogP contribution in [-0.2, 0) is 9.84 Å². The molecule has 0 aliphatic carbocycles. The van der Waals surface area contributed by atoms with Crippen LogP contribution in [0.5, 0.6) is 0 Å². The number of anilines is 1. The second-order valence-electron chi connectivity index (χ2n) is 10.5. The lowest BCUT2D eigenvalue weighted by molar-refractivity contribution is 0.0604. The van der Waals surface area contributed by atoms with Crippen molar-refractivity contribution >= 4 is 27.2 Å². The van der Waals surface area contributed by atoms with E-state index in [1.807, 2.05) is 31.0 Å². The number of carbonyl (C=O) groups is 1. The summed E-state index contributed by atoms with van der Waals surface area (Å²) < 4.78 is 26.0. The number of hydrogen-bond donors (Lipinski definition) is 0. The van der Waals surface area contributed by atoms with Crippen molar-refractivity contribution in [2.45, 2.75) is 51.0 Å². The highest BCUT2D eigenvalue weighted by Crippen LogP contribution is 2.34. The predicted molar refractivity (Wildman–Crippen MR) is 140 cm³/mol. The van der Waals surface area contributed by atoms with Gasteiger partial charge in [0, 0.05) is 49.3 Å². The Morgan fingerprint density at radius 1 is 1.14 bits per heavy atom. The number of nitrogens with zero attached hydrogens (tertiary/aromatic N) is 6. The number of carbonyl (C=O) groups excluding carboxylic acids is 1. The van der Waals surface area contributed by atoms with Gasteiger partial charge in [-0.1, -0.05) is 13.0 Å². The van der Waals surface area contributed by atoms with Crippen molar-refractivity contribution in [2.75, 3.05) is 30.8 Å². The Hall–Kier alpha value is -3.45. The van der Waals surface area contributed by atoms with Crippen molar-refractivity contribution < 1.29 is 13.2 Å². The van der Waals surface area contributed by atoms with Gasteiger partial charge in [-0.2, -0.15) is 10.4 Å². The van der Waals surface area contributed by atoms with Crippen LogP contribution in [0.2, 0.25) is 0 Å². The number of piperidine rings is 1. The van der Waals surface area contributed by atoms with E-state index in [4.69, 9.17) is 10.1 Å². The van der Waals surface area contributed by atoms with Crippen LogP contribution in [0.4, 0.5) is 5.82 Å². The van der Waals surface area contributed by atoms with E-state index in [9.17, 15) is 18.5 Å². The SMILES string of the molecule is Cc1ccc(S(C)(=O)=O)cc1C(=O)N1CCCC[C@H]1c1cc2nc(N3C[C@@H](C#N)[C@@H](C)C3)c(C)cn2n1. The quantitative estimate of drug-likeness (QED) is 0.515. The molecule has 5 rings (SSSR count). The van der Waals surface area contributed by atoms with Crippen molar-refractivity contribution in [3.63, 3.8) is 0 Å². The van der Waals surface area contributed by atoms with Gasteiger partial charge in [-0.3, -0.25) is 4.79 Å². The Labute approximate surface area is 217 Å². The molecule has 0 N–H and O–H groups in total. The summed E-state index contributed by atoms with van der Waals surface area (Å²) in [7, 11) is -3.43. The first kappa shape index (κ1) is 25.2. The number of aryl methyl sites for hydroxylation is 2. The van der Waals surface area contributed by atoms with Gasteiger partial charge in [0.1, 0.15) is 5.82 Å². The van der Waals surface area contributed by atoms with Gasteiger partial charge in [0.2, 0.25) is 0 Å². The fraction of sp³-hybridized carbons (Fsp3) is 0.481. The summed E-state index contributed by atoms with van der Waals surface area (Å²) in [5, 5.41) is 14.3. The number of aromatic nitrogens is 3. The summed E-state index contributed by atoms with van der Waals surface area (Å²) in [4.78, 5) is 22.8. The average Bonchev–Trinajstić information content (AvgIpc) is 3.45. The Morgan fingerprint density at radius 2 is 1.92 bits per heavy atom. The van der Waals surface area contributed by atoms with Crippen LogP contribution in [0.3, 0.4) is 0 Å². The second-order valence-corrected chi connectivity index (χ2v) is 12.5. The molecular weight excluding hydrogens is 488 g/mol. The first-order valence-electron chi connectivity index (χ1n) is 12.7. The Kier molecular flexibility index (Phi) is 6.44. The Bertz CT molecular complexity index is 1520. The molecule has 2 aliphatic rings. The number of likely N-dealkylation sites (tertiary alicyclic amines) is 1. The molecule has 1 aromatic carbocycles. The largest absolute Gasteiger partial charge is 0.355 e. The third kappa shape index (κ3) is 4.68. The molecule has 10 heteroatoms. The number of benzene rings is 1. The van der Waals surface area contributed by atoms with E-state index in [1.54, 1.807) is 16.6 Å². The minimum Gasteiger partial charge on any atom is -0.355 e. The molecule has 194 valence electrons. The van der Waals surface area contributed by atoms with Crippen LogP contribution in [0.25, 0.3) is 5.65 Å². The van der Waals surface area contributed by atoms with Crippen LogP contribution in [0.15, 0.2) is 35.4 Å². The monoisotopic (exact) mass is 520 g/mol. The highest BCUT2D eigenvalue weighted by Gasteiger charge is 2.33. The van der Waals surface area contributed by atoms with E-state index in [2.05, 4.69) is 17.9 Å². The number of hydrogen-bond acceptors (Lipinski definition) is 7. The van der Waals surface area contributed by atoms with E-state index in [0.717, 1.165) is 54.7 Å². The van der Waals surface area contributed by atoms with Crippen LogP contribution in [-0.4, -0.2) is 59.7 Å². The molecule has 2 aliphatic heterocycles. The maximum atomic E-state index is 13.7. The Morgan fingerprint density at radius 3 is 2.62 bits per heavy atom. The summed E-state index contributed by atoms with van der Waals surface area (Å²) in [6.07, 6.45) is 5.75. The fourth-order valence-electron chi connectivity index (χ4n) is 5.51. The standard InChI is InChI=1S/C27H32N6O3S/c1-17-8-9-21(37(4,35)36)11-22(17)27(34)32-10-6-5-7-24(32)23-12-25-29-26(19(3)15-33(25)30-23)31-14-18(2)20(13-28)16-31/h8-9,11-12,15,18,20,24H,5-7,10,14,16H2,1-4H3/t18-,20+,24-/m0/s1. The van der Waals surface area contributed by atoms with Crippen LogP contribution in [0.1, 0.15) is 59.4 Å². The molecule has 0 saturated carbocycles. The predicted octanol–water partition coefficient (Wildman–Crippen LogP) is 3.71. The molecule has 4 heterocycles. The topological polar surface area (TPSA) is 112 Å². The number of rotatable bonds is 4. The van der Waals surface area contributed by atoms with E-state index in [0.29, 0.717) is 24.3 Å². The van der Waals surface area contributed by atoms with Crippen molar-refractivity contribution in [2.24, 2.45) is 11.8 Å². The molecule has 2 aromatic heterocycles. The molecular formula is C27H32N6O3S. The van der Waals surface area contributed by atoms with Crippen LogP contribution < -0.4 is 4.90 Å². The van der Waals surface area contributed by atoms with E-state index in [-0.39, 0.29) is 28.7 Å². The maximum absolute atomic E-state index is 13.7. The molecule has 37 heavy (non-hydrogen) atoms. The van der Waals surface area contributed by atoms with Crippen molar-refractivity contribution in [3.8, 4) is 6.07 Å². The Balaban J connectivity index is 1.48. The summed E-state index contributed by atoms with van der Waals surface area (Å²) >= 11 is 0. The third-order valence-electron chi connectivity index (χ3n) is 7.67. The van der Waals surface area contributed by atoms with Gasteiger partial charge in [-0.15, -0.1) is 0 Å². The van der Waals surface area contributed by atoms with Gasteiger partial charge in [0.05, 0.1) is 28.6 Å². The lowest BCUT2D eigenvalue weighted by atomic mass is 9.97. The molecule has 3 aromatic rings. The van der Waals surface area contributed by atoms with Crippen LogP contribution >= 0.6 is 0 Å². The van der Waals surface area contributed by atoms with E-state index < -0.39 is 9.84 Å². The summed E-state index contributed by atoms with van der Waals surface area (Å²) in [6, 6.07) is 8.86. The highest BCUT2D eigenvalue weighted by molar-refractivity contribution is 7.90. The van der Waals surface area contributed by atoms with Gasteiger partial charge < -0.3 is 9.80 Å². The van der Waals surface area contributed by atoms with Crippen molar-refractivity contribution in [1.82, 2.24) is 19.5 Å². The number of sulfone groups is 1. The zero-order chi connectivity index (χ0) is 26.5. The first-order valence-corrected chi connectivity index (χ1v) is 14.6. The highest BCUT2D eigenvalue weighted by atomic mass is 32.2. The molecule has 0 bridgehead atoms. The molecule has 2 saturated heterocycles. The van der Waals surface area contributed by atoms with Gasteiger partial charge in [-0.25, -0.2) is 17.9 Å². The smallest absolute Gasteiger partial charge is 0.254 e. The van der Waals surface area contributed by atoms with Gasteiger partial charge >= 0.3 is 0 Å². The maximum Gasteiger partial charge on any atom is 0.254 e. The lowest BCUT2D eigenvalue weighted by Gasteiger charge is -2.35. The molecule has 0 spiro atoms. The molecule has 9 nitrogen and oxygen atoms in total. The van der Waals surface area contributed by atoms with E-state index in [1.165, 1.54) is 6.07 Å². The first-order chi connectivity index (χ1) is 17.6. The third-order valence-corrected chi connectivity index (χ3v) is 8.78. The normalized spacial score (nSPS) is 22.4. The van der Waals surface area contributed by atoms with E-state index >= 15 is 0 Å². The second kappa shape index (κ2) is 9.45. The fourth-order valence-corrected chi connectivity index (χ4v) is 6.16. The molecule has 0 unspecified atom stereocenters. The number of amides is 1. The molecule has 2 fully saturated rings. The minimum absolute atomic E-state index is 0.00985. The molecule has 0 radical (unpaired) electrons. The van der Waals surface area contributed by atoms with Crippen LogP contribution in [0, 0.1) is 37.0 Å². The zero-order valence-corrected chi connectivity index (χ0v) is 22.5. The molecule has 3 atom stereocenters. The average molecular weight is 521 g/mol. The summed E-state index contributed by atoms with van der Waals surface area (Å²) in [5.41, 5.74) is 3.62. The number of fused-ring (bicyclic) bond motifs is 1. The van der Waals surface area contributed by atoms with Crippen molar-refractivity contribution in [1.29, 1.82) is 5.26 Å². The summed E-state index contributed by atoms with van der Waals surface area (Å²) in [5.74, 6) is 0.968.